The molecule has 4 nitrogen and oxygen atoms in total. The molecular formula is C12H18N2O2. The topological polar surface area (TPSA) is 49.4 Å². The number of likely N-dealkylation sites (tertiary alicyclic amines) is 1. The van der Waals surface area contributed by atoms with Gasteiger partial charge in [-0.3, -0.25) is 14.9 Å². The van der Waals surface area contributed by atoms with Gasteiger partial charge in [0.1, 0.15) is 0 Å². The maximum Gasteiger partial charge on any atom is 0.254 e. The second kappa shape index (κ2) is 4.78. The molecule has 4 heteroatoms. The van der Waals surface area contributed by atoms with Gasteiger partial charge in [0.15, 0.2) is 0 Å². The van der Waals surface area contributed by atoms with Crippen LogP contribution in [0.15, 0.2) is 11.1 Å². The summed E-state index contributed by atoms with van der Waals surface area (Å²) in [7, 11) is 0. The summed E-state index contributed by atoms with van der Waals surface area (Å²) in [5, 5.41) is 2.36. The lowest BCUT2D eigenvalue weighted by molar-refractivity contribution is -0.124. The van der Waals surface area contributed by atoms with E-state index in [2.05, 4.69) is 17.1 Å². The van der Waals surface area contributed by atoms with Gasteiger partial charge in [-0.2, -0.15) is 0 Å². The Hall–Kier alpha value is -1.16. The van der Waals surface area contributed by atoms with Crippen LogP contribution in [0.5, 0.6) is 0 Å². The first-order chi connectivity index (χ1) is 7.70. The zero-order chi connectivity index (χ0) is 11.5. The number of carbonyl (C=O) groups excluding carboxylic acids is 2. The predicted octanol–water partition coefficient (Wildman–Crippen LogP) is 0.835. The van der Waals surface area contributed by atoms with E-state index < -0.39 is 0 Å². The third kappa shape index (κ3) is 2.32. The molecule has 88 valence electrons. The van der Waals surface area contributed by atoms with Crippen LogP contribution >= 0.6 is 0 Å². The van der Waals surface area contributed by atoms with Crippen molar-refractivity contribution in [3.8, 4) is 0 Å². The first-order valence-electron chi connectivity index (χ1n) is 5.98. The SMILES string of the molecule is CCN1CCCC(=C2CC(=O)NC2=O)CC1. The van der Waals surface area contributed by atoms with Crippen molar-refractivity contribution in [2.45, 2.75) is 32.6 Å². The summed E-state index contributed by atoms with van der Waals surface area (Å²) in [6, 6.07) is 0. The van der Waals surface area contributed by atoms with Crippen LogP contribution in [0, 0.1) is 0 Å². The van der Waals surface area contributed by atoms with Gasteiger partial charge >= 0.3 is 0 Å². The average Bonchev–Trinajstić information content (AvgIpc) is 2.51. The molecular weight excluding hydrogens is 204 g/mol. The molecule has 0 aromatic heterocycles. The number of hydrogen-bond acceptors (Lipinski definition) is 3. The Morgan fingerprint density at radius 1 is 1.25 bits per heavy atom. The van der Waals surface area contributed by atoms with E-state index in [0.29, 0.717) is 6.42 Å². The van der Waals surface area contributed by atoms with Crippen LogP contribution in [0.2, 0.25) is 0 Å². The summed E-state index contributed by atoms with van der Waals surface area (Å²) in [5.41, 5.74) is 1.93. The van der Waals surface area contributed by atoms with E-state index in [9.17, 15) is 9.59 Å². The fourth-order valence-electron chi connectivity index (χ4n) is 2.44. The standard InChI is InChI=1S/C12H18N2O2/c1-2-14-6-3-4-9(5-7-14)10-8-11(15)13-12(10)16/h2-8H2,1H3,(H,13,15,16). The van der Waals surface area contributed by atoms with Gasteiger partial charge in [0.2, 0.25) is 5.91 Å². The van der Waals surface area contributed by atoms with E-state index in [1.807, 2.05) is 0 Å². The van der Waals surface area contributed by atoms with Crippen LogP contribution in [-0.2, 0) is 9.59 Å². The van der Waals surface area contributed by atoms with Crippen molar-refractivity contribution in [2.24, 2.45) is 0 Å². The highest BCUT2D eigenvalue weighted by molar-refractivity contribution is 6.13. The lowest BCUT2D eigenvalue weighted by Gasteiger charge is -2.16. The molecule has 0 radical (unpaired) electrons. The summed E-state index contributed by atoms with van der Waals surface area (Å²) in [6.07, 6.45) is 3.28. The summed E-state index contributed by atoms with van der Waals surface area (Å²) < 4.78 is 0. The Morgan fingerprint density at radius 3 is 2.69 bits per heavy atom. The fourth-order valence-corrected chi connectivity index (χ4v) is 2.44. The summed E-state index contributed by atoms with van der Waals surface area (Å²) >= 11 is 0. The Labute approximate surface area is 95.7 Å². The van der Waals surface area contributed by atoms with E-state index in [0.717, 1.165) is 44.5 Å². The number of amides is 2. The predicted molar refractivity (Wildman–Crippen MR) is 60.8 cm³/mol. The van der Waals surface area contributed by atoms with E-state index in [4.69, 9.17) is 0 Å². The third-order valence-corrected chi connectivity index (χ3v) is 3.42. The minimum absolute atomic E-state index is 0.149. The summed E-state index contributed by atoms with van der Waals surface area (Å²) in [6.45, 7) is 5.33. The Kier molecular flexibility index (Phi) is 3.39. The van der Waals surface area contributed by atoms with E-state index >= 15 is 0 Å². The smallest absolute Gasteiger partial charge is 0.254 e. The molecule has 0 saturated carbocycles. The van der Waals surface area contributed by atoms with Gasteiger partial charge in [0.25, 0.3) is 5.91 Å². The van der Waals surface area contributed by atoms with Crippen molar-refractivity contribution in [3.05, 3.63) is 11.1 Å². The van der Waals surface area contributed by atoms with Gasteiger partial charge in [0, 0.05) is 12.1 Å². The number of carbonyl (C=O) groups is 2. The van der Waals surface area contributed by atoms with Crippen molar-refractivity contribution in [3.63, 3.8) is 0 Å². The van der Waals surface area contributed by atoms with Gasteiger partial charge in [-0.25, -0.2) is 0 Å². The molecule has 2 fully saturated rings. The maximum atomic E-state index is 11.5. The molecule has 2 heterocycles. The quantitative estimate of drug-likeness (QED) is 0.528. The lowest BCUT2D eigenvalue weighted by Crippen LogP contribution is -2.23. The highest BCUT2D eigenvalue weighted by Crippen LogP contribution is 2.24. The second-order valence-electron chi connectivity index (χ2n) is 4.42. The van der Waals surface area contributed by atoms with Gasteiger partial charge in [-0.1, -0.05) is 12.5 Å². The molecule has 1 N–H and O–H groups in total. The first kappa shape index (κ1) is 11.3. The van der Waals surface area contributed by atoms with Crippen molar-refractivity contribution in [2.75, 3.05) is 19.6 Å². The monoisotopic (exact) mass is 222 g/mol. The number of nitrogens with one attached hydrogen (secondary N) is 1. The molecule has 2 aliphatic rings. The van der Waals surface area contributed by atoms with Gasteiger partial charge in [-0.05, 0) is 32.4 Å². The van der Waals surface area contributed by atoms with Crippen molar-refractivity contribution in [1.82, 2.24) is 10.2 Å². The Bertz CT molecular complexity index is 347. The average molecular weight is 222 g/mol. The number of rotatable bonds is 1. The zero-order valence-electron chi connectivity index (χ0n) is 9.71. The first-order valence-corrected chi connectivity index (χ1v) is 5.98. The zero-order valence-corrected chi connectivity index (χ0v) is 9.71. The number of nitrogens with zero attached hydrogens (tertiary/aromatic N) is 1. The molecule has 0 aliphatic carbocycles. The highest BCUT2D eigenvalue weighted by Gasteiger charge is 2.27. The fraction of sp³-hybridized carbons (Fsp3) is 0.667. The van der Waals surface area contributed by atoms with Gasteiger partial charge in [-0.15, -0.1) is 0 Å². The molecule has 2 aliphatic heterocycles. The van der Waals surface area contributed by atoms with E-state index in [-0.39, 0.29) is 11.8 Å². The van der Waals surface area contributed by atoms with E-state index in [1.165, 1.54) is 5.57 Å². The van der Waals surface area contributed by atoms with Crippen molar-refractivity contribution < 1.29 is 9.59 Å². The molecule has 2 rings (SSSR count). The molecule has 16 heavy (non-hydrogen) atoms. The van der Waals surface area contributed by atoms with Crippen LogP contribution < -0.4 is 5.32 Å². The molecule has 2 amide bonds. The van der Waals surface area contributed by atoms with Gasteiger partial charge in [0.05, 0.1) is 6.42 Å². The van der Waals surface area contributed by atoms with Crippen molar-refractivity contribution in [1.29, 1.82) is 0 Å². The maximum absolute atomic E-state index is 11.5. The molecule has 2 saturated heterocycles. The Balaban J connectivity index is 2.12. The minimum atomic E-state index is -0.162. The second-order valence-corrected chi connectivity index (χ2v) is 4.42. The molecule has 0 unspecified atom stereocenters. The van der Waals surface area contributed by atoms with E-state index in [1.54, 1.807) is 0 Å². The third-order valence-electron chi connectivity index (χ3n) is 3.42. The molecule has 0 bridgehead atoms. The van der Waals surface area contributed by atoms with Crippen molar-refractivity contribution >= 4 is 11.8 Å². The normalized spacial score (nSPS) is 28.1. The number of imide groups is 1. The van der Waals surface area contributed by atoms with Gasteiger partial charge < -0.3 is 4.90 Å². The lowest BCUT2D eigenvalue weighted by atomic mass is 10.00. The van der Waals surface area contributed by atoms with Crippen LogP contribution in [0.4, 0.5) is 0 Å². The van der Waals surface area contributed by atoms with Crippen LogP contribution in [0.3, 0.4) is 0 Å². The molecule has 0 aromatic carbocycles. The highest BCUT2D eigenvalue weighted by atomic mass is 16.2. The minimum Gasteiger partial charge on any atom is -0.303 e. The molecule has 0 spiro atoms. The number of hydrogen-bond donors (Lipinski definition) is 1. The molecule has 0 aromatic rings. The van der Waals surface area contributed by atoms with Crippen LogP contribution in [0.1, 0.15) is 32.6 Å². The summed E-state index contributed by atoms with van der Waals surface area (Å²) in [5.74, 6) is -0.311. The largest absolute Gasteiger partial charge is 0.303 e. The molecule has 0 atom stereocenters. The summed E-state index contributed by atoms with van der Waals surface area (Å²) in [4.78, 5) is 25.1. The van der Waals surface area contributed by atoms with Crippen LogP contribution in [0.25, 0.3) is 0 Å². The van der Waals surface area contributed by atoms with Crippen LogP contribution in [-0.4, -0.2) is 36.3 Å². The Morgan fingerprint density at radius 2 is 2.06 bits per heavy atom.